The lowest BCUT2D eigenvalue weighted by atomic mass is 10.3. The minimum Gasteiger partial charge on any atom is -0.324 e. The minimum atomic E-state index is -3.90. The zero-order chi connectivity index (χ0) is 15.3. The van der Waals surface area contributed by atoms with Crippen molar-refractivity contribution >= 4 is 33.2 Å². The van der Waals surface area contributed by atoms with Crippen molar-refractivity contribution in [2.24, 2.45) is 5.84 Å². The molecule has 1 aromatic rings. The summed E-state index contributed by atoms with van der Waals surface area (Å²) < 4.78 is 25.7. The molecule has 3 N–H and O–H groups in total. The average molecular weight is 320 g/mol. The number of hydrogen-bond donors (Lipinski definition) is 2. The van der Waals surface area contributed by atoms with E-state index < -0.39 is 20.6 Å². The van der Waals surface area contributed by atoms with E-state index in [1.807, 2.05) is 6.26 Å². The number of hydrazine groups is 1. The average Bonchev–Trinajstić information content (AvgIpc) is 2.43. The van der Waals surface area contributed by atoms with Crippen molar-refractivity contribution in [2.45, 2.75) is 4.90 Å². The van der Waals surface area contributed by atoms with E-state index in [2.05, 4.69) is 5.43 Å². The highest BCUT2D eigenvalue weighted by atomic mass is 32.2. The molecule has 0 fully saturated rings. The van der Waals surface area contributed by atoms with Crippen molar-refractivity contribution in [3.8, 4) is 0 Å². The molecular weight excluding hydrogens is 304 g/mol. The van der Waals surface area contributed by atoms with E-state index in [1.54, 1.807) is 0 Å². The van der Waals surface area contributed by atoms with Gasteiger partial charge in [0.15, 0.2) is 4.90 Å². The van der Waals surface area contributed by atoms with Gasteiger partial charge in [0, 0.05) is 25.4 Å². The number of rotatable bonds is 7. The molecule has 1 rings (SSSR count). The van der Waals surface area contributed by atoms with Crippen LogP contribution >= 0.6 is 11.8 Å². The maximum atomic E-state index is 12.3. The van der Waals surface area contributed by atoms with Crippen molar-refractivity contribution < 1.29 is 13.3 Å². The lowest BCUT2D eigenvalue weighted by Gasteiger charge is -2.16. The van der Waals surface area contributed by atoms with Crippen LogP contribution in [-0.2, 0) is 10.0 Å². The number of nitro groups is 1. The Bertz CT molecular complexity index is 591. The Labute approximate surface area is 121 Å². The van der Waals surface area contributed by atoms with Crippen LogP contribution in [0.1, 0.15) is 0 Å². The zero-order valence-corrected chi connectivity index (χ0v) is 12.7. The van der Waals surface area contributed by atoms with E-state index in [4.69, 9.17) is 5.84 Å². The number of anilines is 1. The molecule has 0 saturated carbocycles. The third kappa shape index (κ3) is 3.60. The number of nitrogens with zero attached hydrogens (tertiary/aromatic N) is 2. The van der Waals surface area contributed by atoms with Gasteiger partial charge in [0.1, 0.15) is 0 Å². The summed E-state index contributed by atoms with van der Waals surface area (Å²) in [4.78, 5) is 9.94. The molecule has 112 valence electrons. The number of sulfonamides is 1. The first kappa shape index (κ1) is 16.7. The number of thioether (sulfide) groups is 1. The molecule has 8 nitrogen and oxygen atoms in total. The van der Waals surface area contributed by atoms with Gasteiger partial charge in [-0.25, -0.2) is 8.42 Å². The maximum absolute atomic E-state index is 12.3. The van der Waals surface area contributed by atoms with Crippen LogP contribution in [0.2, 0.25) is 0 Å². The number of nitrogens with one attached hydrogen (secondary N) is 1. The Morgan fingerprint density at radius 3 is 2.65 bits per heavy atom. The Morgan fingerprint density at radius 2 is 2.15 bits per heavy atom. The van der Waals surface area contributed by atoms with E-state index in [0.717, 1.165) is 10.4 Å². The van der Waals surface area contributed by atoms with Gasteiger partial charge in [0.2, 0.25) is 10.0 Å². The molecule has 0 unspecified atom stereocenters. The normalized spacial score (nSPS) is 11.6. The van der Waals surface area contributed by atoms with Gasteiger partial charge in [0.05, 0.1) is 10.6 Å². The third-order valence-corrected chi connectivity index (χ3v) is 5.12. The van der Waals surface area contributed by atoms with Crippen molar-refractivity contribution in [3.05, 3.63) is 28.3 Å². The molecule has 0 aliphatic heterocycles. The molecular formula is C10H16N4O4S2. The monoisotopic (exact) mass is 320 g/mol. The number of benzene rings is 1. The number of nitro benzene ring substituents is 1. The molecule has 1 aromatic carbocycles. The van der Waals surface area contributed by atoms with Gasteiger partial charge < -0.3 is 5.43 Å². The SMILES string of the molecule is CSCCN(C)S(=O)(=O)c1ccc(NN)cc1[N+](=O)[O-]. The maximum Gasteiger partial charge on any atom is 0.291 e. The highest BCUT2D eigenvalue weighted by Crippen LogP contribution is 2.28. The van der Waals surface area contributed by atoms with Gasteiger partial charge in [-0.1, -0.05) is 0 Å². The molecule has 0 saturated heterocycles. The fraction of sp³-hybridized carbons (Fsp3) is 0.400. The summed E-state index contributed by atoms with van der Waals surface area (Å²) in [5, 5.41) is 11.0. The zero-order valence-electron chi connectivity index (χ0n) is 11.1. The summed E-state index contributed by atoms with van der Waals surface area (Å²) >= 11 is 1.49. The fourth-order valence-corrected chi connectivity index (χ4v) is 3.35. The Morgan fingerprint density at radius 1 is 1.50 bits per heavy atom. The second kappa shape index (κ2) is 6.88. The van der Waals surface area contributed by atoms with E-state index in [-0.39, 0.29) is 17.1 Å². The predicted octanol–water partition coefficient (Wildman–Crippen LogP) is 0.864. The smallest absolute Gasteiger partial charge is 0.291 e. The topological polar surface area (TPSA) is 119 Å². The highest BCUT2D eigenvalue weighted by molar-refractivity contribution is 7.98. The number of nitrogens with two attached hydrogens (primary N) is 1. The summed E-state index contributed by atoms with van der Waals surface area (Å²) in [7, 11) is -2.51. The van der Waals surface area contributed by atoms with Crippen LogP contribution in [0.4, 0.5) is 11.4 Å². The van der Waals surface area contributed by atoms with Gasteiger partial charge in [-0.3, -0.25) is 16.0 Å². The second-order valence-corrected chi connectivity index (χ2v) is 6.90. The largest absolute Gasteiger partial charge is 0.324 e. The molecule has 0 radical (unpaired) electrons. The van der Waals surface area contributed by atoms with Crippen molar-refractivity contribution in [3.63, 3.8) is 0 Å². The lowest BCUT2D eigenvalue weighted by molar-refractivity contribution is -0.387. The van der Waals surface area contributed by atoms with Crippen molar-refractivity contribution in [1.82, 2.24) is 4.31 Å². The van der Waals surface area contributed by atoms with Crippen LogP contribution in [-0.4, -0.2) is 43.2 Å². The van der Waals surface area contributed by atoms with Crippen molar-refractivity contribution in [1.29, 1.82) is 0 Å². The first-order valence-corrected chi connectivity index (χ1v) is 8.38. The van der Waals surface area contributed by atoms with Gasteiger partial charge in [-0.15, -0.1) is 0 Å². The minimum absolute atomic E-state index is 0.266. The fourth-order valence-electron chi connectivity index (χ4n) is 1.48. The highest BCUT2D eigenvalue weighted by Gasteiger charge is 2.29. The van der Waals surface area contributed by atoms with E-state index >= 15 is 0 Å². The first-order chi connectivity index (χ1) is 9.34. The Kier molecular flexibility index (Phi) is 5.74. The van der Waals surface area contributed by atoms with Gasteiger partial charge in [0.25, 0.3) is 5.69 Å². The summed E-state index contributed by atoms with van der Waals surface area (Å²) in [5.74, 6) is 5.77. The summed E-state index contributed by atoms with van der Waals surface area (Å²) in [6.07, 6.45) is 1.85. The third-order valence-electron chi connectivity index (χ3n) is 2.62. The van der Waals surface area contributed by atoms with E-state index in [0.29, 0.717) is 5.75 Å². The van der Waals surface area contributed by atoms with E-state index in [9.17, 15) is 18.5 Å². The standard InChI is InChI=1S/C10H16N4O4S2/c1-13(5-6-19-2)20(17,18)10-4-3-8(12-11)7-9(10)14(15)16/h3-4,7,12H,5-6,11H2,1-2H3. The first-order valence-electron chi connectivity index (χ1n) is 5.55. The molecule has 0 aliphatic carbocycles. The Hall–Kier alpha value is -1.36. The molecule has 0 aromatic heterocycles. The second-order valence-electron chi connectivity index (χ2n) is 3.90. The Balaban J connectivity index is 3.27. The summed E-state index contributed by atoms with van der Waals surface area (Å²) in [6, 6.07) is 3.65. The molecule has 0 spiro atoms. The molecule has 0 bridgehead atoms. The summed E-state index contributed by atoms with van der Waals surface area (Å²) in [6.45, 7) is 0.275. The molecule has 20 heavy (non-hydrogen) atoms. The van der Waals surface area contributed by atoms with Crippen LogP contribution in [0.3, 0.4) is 0 Å². The van der Waals surface area contributed by atoms with Crippen LogP contribution in [0.25, 0.3) is 0 Å². The lowest BCUT2D eigenvalue weighted by Crippen LogP contribution is -2.29. The van der Waals surface area contributed by atoms with Crippen LogP contribution in [0.5, 0.6) is 0 Å². The number of hydrogen-bond acceptors (Lipinski definition) is 7. The molecule has 0 amide bonds. The van der Waals surface area contributed by atoms with Crippen LogP contribution < -0.4 is 11.3 Å². The molecule has 0 heterocycles. The van der Waals surface area contributed by atoms with E-state index in [1.165, 1.54) is 30.9 Å². The van der Waals surface area contributed by atoms with Crippen LogP contribution in [0.15, 0.2) is 23.1 Å². The summed E-state index contributed by atoms with van der Waals surface area (Å²) in [5.41, 5.74) is 2.01. The quantitative estimate of drug-likeness (QED) is 0.434. The number of nitrogen functional groups attached to an aromatic ring is 1. The molecule has 10 heteroatoms. The van der Waals surface area contributed by atoms with Crippen LogP contribution in [0, 0.1) is 10.1 Å². The van der Waals surface area contributed by atoms with Gasteiger partial charge in [-0.05, 0) is 18.4 Å². The van der Waals surface area contributed by atoms with Crippen molar-refractivity contribution in [2.75, 3.05) is 31.0 Å². The molecule has 0 aliphatic rings. The van der Waals surface area contributed by atoms with Gasteiger partial charge >= 0.3 is 0 Å². The molecule has 0 atom stereocenters. The predicted molar refractivity (Wildman–Crippen MR) is 79.1 cm³/mol. The van der Waals surface area contributed by atoms with Gasteiger partial charge in [-0.2, -0.15) is 16.1 Å².